The Balaban J connectivity index is 1.78. The summed E-state index contributed by atoms with van der Waals surface area (Å²) in [5, 5.41) is 6.11. The minimum absolute atomic E-state index is 0.131. The molecule has 5 heteroatoms. The van der Waals surface area contributed by atoms with Crippen LogP contribution in [0.3, 0.4) is 0 Å². The molecule has 1 aromatic carbocycles. The summed E-state index contributed by atoms with van der Waals surface area (Å²) < 4.78 is 0.885. The van der Waals surface area contributed by atoms with Gasteiger partial charge in [0.1, 0.15) is 5.82 Å². The van der Waals surface area contributed by atoms with Gasteiger partial charge in [-0.25, -0.2) is 4.98 Å². The normalized spacial score (nSPS) is 13.7. The van der Waals surface area contributed by atoms with E-state index in [9.17, 15) is 4.79 Å². The summed E-state index contributed by atoms with van der Waals surface area (Å²) in [6.07, 6.45) is 2.68. The molecule has 1 amide bonds. The molecule has 1 aliphatic rings. The molecule has 0 spiro atoms. The number of nitrogens with one attached hydrogen (secondary N) is 2. The number of pyridine rings is 1. The SMILES string of the molecule is O=C(Nc1ccc(Br)cn1)c1ccc2c(c1)CNCC2. The summed E-state index contributed by atoms with van der Waals surface area (Å²) in [5.74, 6) is 0.419. The van der Waals surface area contributed by atoms with Gasteiger partial charge in [-0.2, -0.15) is 0 Å². The highest BCUT2D eigenvalue weighted by molar-refractivity contribution is 9.10. The number of carbonyl (C=O) groups excluding carboxylic acids is 1. The minimum atomic E-state index is -0.131. The molecular formula is C15H14BrN3O. The zero-order chi connectivity index (χ0) is 13.9. The van der Waals surface area contributed by atoms with Crippen LogP contribution < -0.4 is 10.6 Å². The number of benzene rings is 1. The van der Waals surface area contributed by atoms with E-state index in [0.717, 1.165) is 24.0 Å². The number of aromatic nitrogens is 1. The van der Waals surface area contributed by atoms with E-state index in [4.69, 9.17) is 0 Å². The standard InChI is InChI=1S/C15H14BrN3O/c16-13-3-4-14(18-9-13)19-15(20)11-2-1-10-5-6-17-8-12(10)7-11/h1-4,7,9,17H,5-6,8H2,(H,18,19,20). The lowest BCUT2D eigenvalue weighted by Crippen LogP contribution is -2.24. The van der Waals surface area contributed by atoms with Gasteiger partial charge in [-0.3, -0.25) is 4.79 Å². The summed E-state index contributed by atoms with van der Waals surface area (Å²) in [7, 11) is 0. The molecule has 4 nitrogen and oxygen atoms in total. The van der Waals surface area contributed by atoms with Crippen molar-refractivity contribution in [2.24, 2.45) is 0 Å². The molecule has 0 fully saturated rings. The Morgan fingerprint density at radius 1 is 1.25 bits per heavy atom. The summed E-state index contributed by atoms with van der Waals surface area (Å²) in [4.78, 5) is 16.3. The molecule has 0 saturated heterocycles. The van der Waals surface area contributed by atoms with Gasteiger partial charge in [0.15, 0.2) is 0 Å². The number of nitrogens with zero attached hydrogens (tertiary/aromatic N) is 1. The van der Waals surface area contributed by atoms with Gasteiger partial charge < -0.3 is 10.6 Å². The van der Waals surface area contributed by atoms with E-state index in [2.05, 4.69) is 31.5 Å². The number of halogens is 1. The second-order valence-corrected chi connectivity index (χ2v) is 5.64. The van der Waals surface area contributed by atoms with Crippen LogP contribution in [0, 0.1) is 0 Å². The maximum absolute atomic E-state index is 12.2. The van der Waals surface area contributed by atoms with E-state index >= 15 is 0 Å². The van der Waals surface area contributed by atoms with Crippen LogP contribution in [-0.4, -0.2) is 17.4 Å². The van der Waals surface area contributed by atoms with Crippen LogP contribution in [0.5, 0.6) is 0 Å². The molecule has 2 heterocycles. The van der Waals surface area contributed by atoms with Crippen molar-refractivity contribution < 1.29 is 4.79 Å². The smallest absolute Gasteiger partial charge is 0.256 e. The molecule has 20 heavy (non-hydrogen) atoms. The highest BCUT2D eigenvalue weighted by Gasteiger charge is 2.12. The Morgan fingerprint density at radius 3 is 2.95 bits per heavy atom. The van der Waals surface area contributed by atoms with Crippen molar-refractivity contribution in [2.45, 2.75) is 13.0 Å². The molecular weight excluding hydrogens is 318 g/mol. The molecule has 102 valence electrons. The Bertz CT molecular complexity index is 640. The van der Waals surface area contributed by atoms with Crippen molar-refractivity contribution in [2.75, 3.05) is 11.9 Å². The van der Waals surface area contributed by atoms with Crippen molar-refractivity contribution in [1.82, 2.24) is 10.3 Å². The second kappa shape index (κ2) is 5.73. The van der Waals surface area contributed by atoms with Crippen LogP contribution in [0.4, 0.5) is 5.82 Å². The average Bonchev–Trinajstić information content (AvgIpc) is 2.49. The van der Waals surface area contributed by atoms with E-state index in [0.29, 0.717) is 11.4 Å². The molecule has 0 atom stereocenters. The maximum Gasteiger partial charge on any atom is 0.256 e. The van der Waals surface area contributed by atoms with Crippen molar-refractivity contribution >= 4 is 27.7 Å². The molecule has 0 radical (unpaired) electrons. The van der Waals surface area contributed by atoms with Crippen LogP contribution in [0.25, 0.3) is 0 Å². The van der Waals surface area contributed by atoms with Crippen molar-refractivity contribution in [3.05, 3.63) is 57.7 Å². The molecule has 2 aromatic rings. The van der Waals surface area contributed by atoms with Gasteiger partial charge in [-0.05, 0) is 64.3 Å². The van der Waals surface area contributed by atoms with Gasteiger partial charge in [0.25, 0.3) is 5.91 Å². The van der Waals surface area contributed by atoms with Gasteiger partial charge in [0, 0.05) is 22.8 Å². The van der Waals surface area contributed by atoms with E-state index in [-0.39, 0.29) is 5.91 Å². The molecule has 1 aliphatic heterocycles. The van der Waals surface area contributed by atoms with Crippen molar-refractivity contribution in [1.29, 1.82) is 0 Å². The van der Waals surface area contributed by atoms with Gasteiger partial charge in [0.2, 0.25) is 0 Å². The quantitative estimate of drug-likeness (QED) is 0.889. The summed E-state index contributed by atoms with van der Waals surface area (Å²) >= 11 is 3.32. The number of anilines is 1. The topological polar surface area (TPSA) is 54.0 Å². The molecule has 3 rings (SSSR count). The molecule has 0 bridgehead atoms. The lowest BCUT2D eigenvalue weighted by molar-refractivity contribution is 0.102. The third-order valence-electron chi connectivity index (χ3n) is 3.32. The van der Waals surface area contributed by atoms with Gasteiger partial charge in [-0.1, -0.05) is 6.07 Å². The van der Waals surface area contributed by atoms with Gasteiger partial charge >= 0.3 is 0 Å². The van der Waals surface area contributed by atoms with Crippen LogP contribution in [0.2, 0.25) is 0 Å². The van der Waals surface area contributed by atoms with Crippen LogP contribution in [0.15, 0.2) is 41.0 Å². The zero-order valence-electron chi connectivity index (χ0n) is 10.8. The zero-order valence-corrected chi connectivity index (χ0v) is 12.4. The van der Waals surface area contributed by atoms with Crippen molar-refractivity contribution in [3.8, 4) is 0 Å². The van der Waals surface area contributed by atoms with E-state index < -0.39 is 0 Å². The second-order valence-electron chi connectivity index (χ2n) is 4.73. The van der Waals surface area contributed by atoms with Gasteiger partial charge in [0.05, 0.1) is 0 Å². The number of hydrogen-bond donors (Lipinski definition) is 2. The first-order valence-electron chi connectivity index (χ1n) is 6.48. The predicted molar refractivity (Wildman–Crippen MR) is 81.7 cm³/mol. The Labute approximate surface area is 125 Å². The molecule has 0 unspecified atom stereocenters. The van der Waals surface area contributed by atoms with E-state index in [1.807, 2.05) is 24.3 Å². The lowest BCUT2D eigenvalue weighted by atomic mass is 9.98. The summed E-state index contributed by atoms with van der Waals surface area (Å²) in [6.45, 7) is 1.83. The Morgan fingerprint density at radius 2 is 2.15 bits per heavy atom. The summed E-state index contributed by atoms with van der Waals surface area (Å²) in [5.41, 5.74) is 3.19. The van der Waals surface area contributed by atoms with Crippen LogP contribution in [0.1, 0.15) is 21.5 Å². The van der Waals surface area contributed by atoms with E-state index in [1.54, 1.807) is 12.3 Å². The number of rotatable bonds is 2. The number of amides is 1. The van der Waals surface area contributed by atoms with Crippen LogP contribution in [-0.2, 0) is 13.0 Å². The monoisotopic (exact) mass is 331 g/mol. The minimum Gasteiger partial charge on any atom is -0.312 e. The van der Waals surface area contributed by atoms with Crippen molar-refractivity contribution in [3.63, 3.8) is 0 Å². The molecule has 1 aromatic heterocycles. The van der Waals surface area contributed by atoms with Crippen LogP contribution >= 0.6 is 15.9 Å². The molecule has 0 saturated carbocycles. The third kappa shape index (κ3) is 2.89. The highest BCUT2D eigenvalue weighted by atomic mass is 79.9. The first kappa shape index (κ1) is 13.3. The number of carbonyl (C=O) groups is 1. The fraction of sp³-hybridized carbons (Fsp3) is 0.200. The van der Waals surface area contributed by atoms with E-state index in [1.165, 1.54) is 11.1 Å². The fourth-order valence-corrected chi connectivity index (χ4v) is 2.49. The average molecular weight is 332 g/mol. The predicted octanol–water partition coefficient (Wildman–Crippen LogP) is 2.74. The van der Waals surface area contributed by atoms with Gasteiger partial charge in [-0.15, -0.1) is 0 Å². The number of fused-ring (bicyclic) bond motifs is 1. The first-order valence-corrected chi connectivity index (χ1v) is 7.27. The lowest BCUT2D eigenvalue weighted by Gasteiger charge is -2.17. The Kier molecular flexibility index (Phi) is 3.80. The first-order chi connectivity index (χ1) is 9.72. The molecule has 2 N–H and O–H groups in total. The highest BCUT2D eigenvalue weighted by Crippen LogP contribution is 2.17. The Hall–Kier alpha value is -1.72. The summed E-state index contributed by atoms with van der Waals surface area (Å²) in [6, 6.07) is 9.48. The number of hydrogen-bond acceptors (Lipinski definition) is 3. The maximum atomic E-state index is 12.2. The third-order valence-corrected chi connectivity index (χ3v) is 3.79. The largest absolute Gasteiger partial charge is 0.312 e. The fourth-order valence-electron chi connectivity index (χ4n) is 2.26. The molecule has 0 aliphatic carbocycles.